The molecule has 0 amide bonds. The number of carbonyl (C=O) groups is 3. The van der Waals surface area contributed by atoms with Crippen molar-refractivity contribution < 1.29 is 42.9 Å². The number of fused-ring (bicyclic) bond motifs is 4. The number of hydrogen-bond donors (Lipinski definition) is 1. The average Bonchev–Trinajstić information content (AvgIpc) is 2.90. The number of esters is 3. The Morgan fingerprint density at radius 3 is 2.38 bits per heavy atom. The topological polar surface area (TPSA) is 151 Å². The Bertz CT molecular complexity index is 1460. The van der Waals surface area contributed by atoms with Crippen LogP contribution in [0.15, 0.2) is 39.8 Å². The standard InChI is InChI=1S/C31H37NO10/c1-16(33)38-15-30(5)22-13-24(40-18(3)35)31(6)27(29(22,4)10-9-23(30)39-17(2)34)26(36)25-21(42-31)12-20(41-28(25)37)19-8-7-11-32-14-19/h7-8,11-12,14,22-24,26-27,36H,9-10,13,15H2,1-6H3/t22-,23+,24+,26+,27?,29+,30+,31-/m1/s1. The number of aliphatic hydroxyl groups excluding tert-OH is 1. The first-order chi connectivity index (χ1) is 19.7. The van der Waals surface area contributed by atoms with E-state index in [0.717, 1.165) is 0 Å². The minimum absolute atomic E-state index is 0.0163. The molecule has 5 rings (SSSR count). The molecular formula is C31H37NO10. The molecule has 3 heterocycles. The van der Waals surface area contributed by atoms with Gasteiger partial charge in [0.25, 0.3) is 0 Å². The van der Waals surface area contributed by atoms with Crippen molar-refractivity contribution in [2.75, 3.05) is 6.61 Å². The molecular weight excluding hydrogens is 546 g/mol. The second-order valence-corrected chi connectivity index (χ2v) is 12.4. The number of carbonyl (C=O) groups excluding carboxylic acids is 3. The van der Waals surface area contributed by atoms with Crippen LogP contribution in [0.3, 0.4) is 0 Å². The van der Waals surface area contributed by atoms with E-state index in [4.69, 9.17) is 23.4 Å². The second kappa shape index (κ2) is 10.5. The van der Waals surface area contributed by atoms with Crippen LogP contribution in [-0.4, -0.2) is 52.4 Å². The molecule has 3 aliphatic rings. The summed E-state index contributed by atoms with van der Waals surface area (Å²) >= 11 is 0. The molecule has 2 aromatic heterocycles. The molecule has 226 valence electrons. The molecule has 0 saturated heterocycles. The number of nitrogens with zero attached hydrogens (tertiary/aromatic N) is 1. The molecule has 2 saturated carbocycles. The summed E-state index contributed by atoms with van der Waals surface area (Å²) in [5, 5.41) is 12.1. The van der Waals surface area contributed by atoms with E-state index in [2.05, 4.69) is 4.98 Å². The van der Waals surface area contributed by atoms with Gasteiger partial charge in [-0.1, -0.05) is 13.8 Å². The van der Waals surface area contributed by atoms with E-state index in [1.165, 1.54) is 20.8 Å². The van der Waals surface area contributed by atoms with Gasteiger partial charge < -0.3 is 28.5 Å². The maximum Gasteiger partial charge on any atom is 0.345 e. The molecule has 8 atom stereocenters. The normalized spacial score (nSPS) is 35.0. The summed E-state index contributed by atoms with van der Waals surface area (Å²) in [5.74, 6) is -2.25. The third-order valence-electron chi connectivity index (χ3n) is 9.73. The highest BCUT2D eigenvalue weighted by molar-refractivity contribution is 5.67. The SMILES string of the molecule is CC(=O)OC[C@]1(C)[C@@H](OC(C)=O)CC[C@]2(C)C3[C@@H](O)c4c(cc(-c5cccnc5)oc4=O)O[C@]3(C)[C@@H](OC(C)=O)C[C@@H]12. The van der Waals surface area contributed by atoms with Crippen LogP contribution in [0.25, 0.3) is 11.3 Å². The fourth-order valence-corrected chi connectivity index (χ4v) is 8.04. The summed E-state index contributed by atoms with van der Waals surface area (Å²) in [7, 11) is 0. The van der Waals surface area contributed by atoms with Gasteiger partial charge in [0.2, 0.25) is 0 Å². The molecule has 0 aromatic carbocycles. The molecule has 1 N–H and O–H groups in total. The van der Waals surface area contributed by atoms with Gasteiger partial charge >= 0.3 is 23.5 Å². The van der Waals surface area contributed by atoms with Gasteiger partial charge in [0.1, 0.15) is 41.5 Å². The molecule has 2 fully saturated rings. The van der Waals surface area contributed by atoms with Crippen molar-refractivity contribution >= 4 is 17.9 Å². The lowest BCUT2D eigenvalue weighted by Gasteiger charge is -2.66. The Kier molecular flexibility index (Phi) is 7.45. The summed E-state index contributed by atoms with van der Waals surface area (Å²) in [6.07, 6.45) is 1.53. The van der Waals surface area contributed by atoms with Crippen LogP contribution in [0.5, 0.6) is 5.75 Å². The van der Waals surface area contributed by atoms with Gasteiger partial charge in [-0.05, 0) is 49.7 Å². The number of pyridine rings is 1. The van der Waals surface area contributed by atoms with Crippen molar-refractivity contribution in [3.63, 3.8) is 0 Å². The smallest absolute Gasteiger partial charge is 0.345 e. The summed E-state index contributed by atoms with van der Waals surface area (Å²) in [6.45, 7) is 9.56. The molecule has 2 aliphatic carbocycles. The monoisotopic (exact) mass is 583 g/mol. The van der Waals surface area contributed by atoms with E-state index in [1.807, 2.05) is 13.8 Å². The molecule has 42 heavy (non-hydrogen) atoms. The summed E-state index contributed by atoms with van der Waals surface area (Å²) in [6, 6.07) is 5.00. The lowest BCUT2D eigenvalue weighted by atomic mass is 9.42. The number of aromatic nitrogens is 1. The zero-order chi connectivity index (χ0) is 30.6. The number of ether oxygens (including phenoxy) is 4. The van der Waals surface area contributed by atoms with E-state index >= 15 is 0 Å². The van der Waals surface area contributed by atoms with Crippen molar-refractivity contribution in [3.8, 4) is 17.1 Å². The van der Waals surface area contributed by atoms with Crippen molar-refractivity contribution in [3.05, 3.63) is 46.6 Å². The molecule has 11 heteroatoms. The van der Waals surface area contributed by atoms with Gasteiger partial charge in [-0.15, -0.1) is 0 Å². The van der Waals surface area contributed by atoms with Crippen molar-refractivity contribution in [1.29, 1.82) is 0 Å². The van der Waals surface area contributed by atoms with Crippen molar-refractivity contribution in [1.82, 2.24) is 4.98 Å². The van der Waals surface area contributed by atoms with E-state index in [0.29, 0.717) is 18.4 Å². The summed E-state index contributed by atoms with van der Waals surface area (Å²) in [4.78, 5) is 54.0. The van der Waals surface area contributed by atoms with Crippen LogP contribution in [0, 0.1) is 22.7 Å². The first-order valence-electron chi connectivity index (χ1n) is 14.1. The fraction of sp³-hybridized carbons (Fsp3) is 0.581. The van der Waals surface area contributed by atoms with Gasteiger partial charge in [-0.25, -0.2) is 4.79 Å². The highest BCUT2D eigenvalue weighted by Crippen LogP contribution is 2.67. The second-order valence-electron chi connectivity index (χ2n) is 12.4. The third-order valence-corrected chi connectivity index (χ3v) is 9.73. The largest absolute Gasteiger partial charge is 0.482 e. The molecule has 0 spiro atoms. The van der Waals surface area contributed by atoms with Crippen LogP contribution in [0.1, 0.15) is 72.5 Å². The van der Waals surface area contributed by atoms with E-state index in [-0.39, 0.29) is 36.0 Å². The van der Waals surface area contributed by atoms with E-state index in [1.54, 1.807) is 37.5 Å². The quantitative estimate of drug-likeness (QED) is 0.405. The minimum Gasteiger partial charge on any atom is -0.482 e. The molecule has 1 aliphatic heterocycles. The van der Waals surface area contributed by atoms with Crippen LogP contribution < -0.4 is 10.4 Å². The van der Waals surface area contributed by atoms with Gasteiger partial charge in [-0.3, -0.25) is 19.4 Å². The minimum atomic E-state index is -1.34. The van der Waals surface area contributed by atoms with Crippen LogP contribution in [-0.2, 0) is 28.6 Å². The highest BCUT2D eigenvalue weighted by Gasteiger charge is 2.70. The lowest BCUT2D eigenvalue weighted by molar-refractivity contribution is -0.270. The van der Waals surface area contributed by atoms with Gasteiger partial charge in [0.05, 0.1) is 6.10 Å². The molecule has 2 aromatic rings. The first-order valence-corrected chi connectivity index (χ1v) is 14.1. The number of hydrogen-bond acceptors (Lipinski definition) is 11. The lowest BCUT2D eigenvalue weighted by Crippen LogP contribution is -2.71. The van der Waals surface area contributed by atoms with E-state index < -0.39 is 64.2 Å². The maximum absolute atomic E-state index is 13.4. The molecule has 1 unspecified atom stereocenters. The van der Waals surface area contributed by atoms with Crippen LogP contribution in [0.4, 0.5) is 0 Å². The third kappa shape index (κ3) is 4.77. The van der Waals surface area contributed by atoms with Crippen molar-refractivity contribution in [2.45, 2.75) is 84.7 Å². The number of rotatable bonds is 5. The maximum atomic E-state index is 13.4. The summed E-state index contributed by atoms with van der Waals surface area (Å²) in [5.41, 5.74) is -3.09. The Labute approximate surface area is 243 Å². The molecule has 11 nitrogen and oxygen atoms in total. The predicted octanol–water partition coefficient (Wildman–Crippen LogP) is 3.76. The first kappa shape index (κ1) is 29.8. The highest BCUT2D eigenvalue weighted by atomic mass is 16.6. The number of aliphatic hydroxyl groups is 1. The van der Waals surface area contributed by atoms with Gasteiger partial charge in [-0.2, -0.15) is 0 Å². The average molecular weight is 584 g/mol. The summed E-state index contributed by atoms with van der Waals surface area (Å²) < 4.78 is 29.5. The Hall–Kier alpha value is -3.73. The van der Waals surface area contributed by atoms with E-state index in [9.17, 15) is 24.3 Å². The Morgan fingerprint density at radius 2 is 1.76 bits per heavy atom. The zero-order valence-electron chi connectivity index (χ0n) is 24.7. The molecule has 0 radical (unpaired) electrons. The van der Waals surface area contributed by atoms with Gasteiger partial charge in [0, 0.05) is 56.1 Å². The fourth-order valence-electron chi connectivity index (χ4n) is 8.04. The Balaban J connectivity index is 1.66. The predicted molar refractivity (Wildman–Crippen MR) is 147 cm³/mol. The van der Waals surface area contributed by atoms with Crippen LogP contribution in [0.2, 0.25) is 0 Å². The van der Waals surface area contributed by atoms with Crippen LogP contribution >= 0.6 is 0 Å². The zero-order valence-corrected chi connectivity index (χ0v) is 24.7. The Morgan fingerprint density at radius 1 is 1.07 bits per heavy atom. The molecule has 0 bridgehead atoms. The van der Waals surface area contributed by atoms with Gasteiger partial charge in [0.15, 0.2) is 0 Å². The van der Waals surface area contributed by atoms with Crippen molar-refractivity contribution in [2.24, 2.45) is 22.7 Å².